The number of nitrogens with zero attached hydrogens (tertiary/aromatic N) is 4. The van der Waals surface area contributed by atoms with Gasteiger partial charge in [-0.05, 0) is 23.3 Å². The highest BCUT2D eigenvalue weighted by Gasteiger charge is 2.23. The van der Waals surface area contributed by atoms with Crippen LogP contribution in [0, 0.1) is 0 Å². The minimum atomic E-state index is -0.312. The molecule has 0 saturated heterocycles. The van der Waals surface area contributed by atoms with Gasteiger partial charge in [-0.3, -0.25) is 4.79 Å². The van der Waals surface area contributed by atoms with E-state index >= 15 is 0 Å². The number of H-pyrrole nitrogens is 1. The standard InChI is InChI=1S/C29H23N7O2/c1-38-21-14-12-19(13-15-21)23-26(33-27-25(30)31-16-17-32-27)34-28-22(18-8-4-2-5-9-18)24(35-36(28)29(23)37)20-10-6-3-7-11-20/h2-17,34H,1H3,(H2,30,31)(H,32,33). The Hall–Kier alpha value is -5.44. The zero-order valence-corrected chi connectivity index (χ0v) is 20.4. The molecule has 186 valence electrons. The molecule has 9 nitrogen and oxygen atoms in total. The highest BCUT2D eigenvalue weighted by molar-refractivity contribution is 5.92. The van der Waals surface area contributed by atoms with Gasteiger partial charge in [-0.15, -0.1) is 0 Å². The van der Waals surface area contributed by atoms with Gasteiger partial charge in [-0.1, -0.05) is 72.8 Å². The van der Waals surface area contributed by atoms with E-state index in [0.717, 1.165) is 16.7 Å². The quantitative estimate of drug-likeness (QED) is 0.288. The van der Waals surface area contributed by atoms with Gasteiger partial charge >= 0.3 is 0 Å². The van der Waals surface area contributed by atoms with E-state index in [-0.39, 0.29) is 11.4 Å². The maximum Gasteiger partial charge on any atom is 0.284 e. The van der Waals surface area contributed by atoms with E-state index in [1.54, 1.807) is 19.2 Å². The lowest BCUT2D eigenvalue weighted by Gasteiger charge is -2.14. The summed E-state index contributed by atoms with van der Waals surface area (Å²) in [6, 6.07) is 26.9. The zero-order valence-electron chi connectivity index (χ0n) is 20.4. The molecule has 0 bridgehead atoms. The molecule has 9 heteroatoms. The van der Waals surface area contributed by atoms with E-state index in [1.807, 2.05) is 72.8 Å². The van der Waals surface area contributed by atoms with Crippen molar-refractivity contribution in [2.45, 2.75) is 0 Å². The summed E-state index contributed by atoms with van der Waals surface area (Å²) < 4.78 is 6.72. The number of benzene rings is 3. The Morgan fingerprint density at radius 1 is 0.816 bits per heavy atom. The number of nitrogen functional groups attached to an aromatic ring is 1. The molecule has 0 fully saturated rings. The van der Waals surface area contributed by atoms with Crippen LogP contribution in [-0.2, 0) is 0 Å². The second kappa shape index (κ2) is 9.55. The first-order valence-electron chi connectivity index (χ1n) is 11.9. The van der Waals surface area contributed by atoms with Crippen LogP contribution in [0.25, 0.3) is 39.2 Å². The third kappa shape index (κ3) is 4.01. The van der Waals surface area contributed by atoms with Gasteiger partial charge in [0.1, 0.15) is 22.9 Å². The lowest BCUT2D eigenvalue weighted by Crippen LogP contribution is -2.20. The Labute approximate surface area is 217 Å². The van der Waals surface area contributed by atoms with Crippen molar-refractivity contribution in [3.8, 4) is 39.3 Å². The number of rotatable bonds is 6. The maximum atomic E-state index is 14.1. The van der Waals surface area contributed by atoms with E-state index in [1.165, 1.54) is 16.9 Å². The van der Waals surface area contributed by atoms with Gasteiger partial charge in [0.25, 0.3) is 5.56 Å². The van der Waals surface area contributed by atoms with Gasteiger partial charge in [0.15, 0.2) is 11.6 Å². The summed E-state index contributed by atoms with van der Waals surface area (Å²) in [5.41, 5.74) is 10.6. The van der Waals surface area contributed by atoms with Gasteiger partial charge < -0.3 is 20.8 Å². The highest BCUT2D eigenvalue weighted by Crippen LogP contribution is 2.36. The molecule has 6 aromatic rings. The number of fused-ring (bicyclic) bond motifs is 1. The summed E-state index contributed by atoms with van der Waals surface area (Å²) in [7, 11) is 1.59. The monoisotopic (exact) mass is 501 g/mol. The van der Waals surface area contributed by atoms with Crippen molar-refractivity contribution in [2.24, 2.45) is 0 Å². The van der Waals surface area contributed by atoms with Crippen molar-refractivity contribution >= 4 is 23.1 Å². The van der Waals surface area contributed by atoms with Crippen LogP contribution in [0.1, 0.15) is 0 Å². The van der Waals surface area contributed by atoms with Crippen molar-refractivity contribution in [1.29, 1.82) is 0 Å². The lowest BCUT2D eigenvalue weighted by atomic mass is 10.0. The fourth-order valence-electron chi connectivity index (χ4n) is 4.43. The first-order chi connectivity index (χ1) is 18.6. The summed E-state index contributed by atoms with van der Waals surface area (Å²) in [6.45, 7) is 0. The van der Waals surface area contributed by atoms with Gasteiger partial charge in [-0.25, -0.2) is 9.97 Å². The summed E-state index contributed by atoms with van der Waals surface area (Å²) in [4.78, 5) is 26.0. The van der Waals surface area contributed by atoms with Gasteiger partial charge in [0.2, 0.25) is 0 Å². The second-order valence-corrected chi connectivity index (χ2v) is 8.54. The van der Waals surface area contributed by atoms with Crippen LogP contribution in [0.2, 0.25) is 0 Å². The molecule has 3 aromatic heterocycles. The number of methoxy groups -OCH3 is 1. The zero-order chi connectivity index (χ0) is 26.1. The van der Waals surface area contributed by atoms with E-state index < -0.39 is 0 Å². The first kappa shape index (κ1) is 23.0. The smallest absolute Gasteiger partial charge is 0.284 e. The topological polar surface area (TPSA) is 123 Å². The van der Waals surface area contributed by atoms with Crippen LogP contribution >= 0.6 is 0 Å². The summed E-state index contributed by atoms with van der Waals surface area (Å²) in [5.74, 6) is 1.62. The number of nitrogens with two attached hydrogens (primary N) is 1. The fraction of sp³-hybridized carbons (Fsp3) is 0.0345. The Bertz CT molecular complexity index is 1800. The molecular weight excluding hydrogens is 478 g/mol. The molecule has 0 aliphatic carbocycles. The highest BCUT2D eigenvalue weighted by atomic mass is 16.5. The average molecular weight is 502 g/mol. The number of hydrogen-bond donors (Lipinski definition) is 3. The van der Waals surface area contributed by atoms with Gasteiger partial charge in [0.05, 0.1) is 18.2 Å². The van der Waals surface area contributed by atoms with E-state index in [2.05, 4.69) is 20.3 Å². The van der Waals surface area contributed by atoms with Crippen LogP contribution in [0.5, 0.6) is 5.75 Å². The Balaban J connectivity index is 1.68. The second-order valence-electron chi connectivity index (χ2n) is 8.54. The maximum absolute atomic E-state index is 14.1. The van der Waals surface area contributed by atoms with Crippen LogP contribution in [0.15, 0.2) is 102 Å². The summed E-state index contributed by atoms with van der Waals surface area (Å²) in [5, 5.41) is 8.01. The van der Waals surface area contributed by atoms with Crippen molar-refractivity contribution in [3.63, 3.8) is 0 Å². The molecule has 3 aromatic carbocycles. The van der Waals surface area contributed by atoms with Crippen molar-refractivity contribution in [1.82, 2.24) is 24.6 Å². The minimum absolute atomic E-state index is 0.204. The Kier molecular flexibility index (Phi) is 5.78. The number of aromatic amines is 1. The molecule has 0 radical (unpaired) electrons. The molecule has 0 amide bonds. The number of ether oxygens (including phenoxy) is 1. The lowest BCUT2D eigenvalue weighted by molar-refractivity contribution is 0.415. The molecule has 0 atom stereocenters. The van der Waals surface area contributed by atoms with Crippen LogP contribution in [-0.4, -0.2) is 31.7 Å². The van der Waals surface area contributed by atoms with Crippen molar-refractivity contribution in [3.05, 3.63) is 108 Å². The number of hydrogen-bond acceptors (Lipinski definition) is 7. The largest absolute Gasteiger partial charge is 0.497 e. The Morgan fingerprint density at radius 3 is 2.11 bits per heavy atom. The SMILES string of the molecule is COc1ccc(-c2c(Nc3nccnc3N)[nH]c3c(-c4ccccc4)c(-c4ccccc4)nn3c2=O)cc1. The molecule has 38 heavy (non-hydrogen) atoms. The predicted octanol–water partition coefficient (Wildman–Crippen LogP) is 5.15. The molecule has 0 unspecified atom stereocenters. The molecule has 0 aliphatic rings. The molecule has 0 spiro atoms. The molecule has 6 rings (SSSR count). The number of aromatic nitrogens is 5. The normalized spacial score (nSPS) is 11.0. The van der Waals surface area contributed by atoms with E-state index in [9.17, 15) is 4.79 Å². The Morgan fingerprint density at radius 2 is 1.45 bits per heavy atom. The third-order valence-corrected chi connectivity index (χ3v) is 6.24. The van der Waals surface area contributed by atoms with Crippen LogP contribution in [0.3, 0.4) is 0 Å². The average Bonchev–Trinajstić information content (AvgIpc) is 3.35. The first-order valence-corrected chi connectivity index (χ1v) is 11.9. The van der Waals surface area contributed by atoms with Crippen molar-refractivity contribution in [2.75, 3.05) is 18.2 Å². The molecule has 4 N–H and O–H groups in total. The molecule has 0 aliphatic heterocycles. The minimum Gasteiger partial charge on any atom is -0.497 e. The summed E-state index contributed by atoms with van der Waals surface area (Å²) in [6.07, 6.45) is 3.04. The van der Waals surface area contributed by atoms with E-state index in [4.69, 9.17) is 15.6 Å². The van der Waals surface area contributed by atoms with Crippen LogP contribution in [0.4, 0.5) is 17.5 Å². The van der Waals surface area contributed by atoms with E-state index in [0.29, 0.717) is 39.9 Å². The molecule has 0 saturated carbocycles. The summed E-state index contributed by atoms with van der Waals surface area (Å²) >= 11 is 0. The van der Waals surface area contributed by atoms with Gasteiger partial charge in [0, 0.05) is 18.0 Å². The predicted molar refractivity (Wildman–Crippen MR) is 148 cm³/mol. The number of nitrogens with one attached hydrogen (secondary N) is 2. The molecule has 3 heterocycles. The number of anilines is 3. The van der Waals surface area contributed by atoms with Crippen molar-refractivity contribution < 1.29 is 4.74 Å². The van der Waals surface area contributed by atoms with Crippen LogP contribution < -0.4 is 21.3 Å². The third-order valence-electron chi connectivity index (χ3n) is 6.24. The van der Waals surface area contributed by atoms with Gasteiger partial charge in [-0.2, -0.15) is 9.61 Å². The molecular formula is C29H23N7O2. The fourth-order valence-corrected chi connectivity index (χ4v) is 4.43.